The molecule has 3 nitrogen and oxygen atoms in total. The van der Waals surface area contributed by atoms with Crippen LogP contribution in [0.1, 0.15) is 24.0 Å². The average Bonchev–Trinajstić information content (AvgIpc) is 3.03. The molecule has 0 unspecified atom stereocenters. The molecule has 1 atom stereocenters. The van der Waals surface area contributed by atoms with Crippen LogP contribution in [0.5, 0.6) is 5.75 Å². The molecule has 0 aliphatic carbocycles. The molecule has 2 aromatic rings. The van der Waals surface area contributed by atoms with Gasteiger partial charge < -0.3 is 14.3 Å². The number of quaternary nitrogens is 1. The summed E-state index contributed by atoms with van der Waals surface area (Å²) in [5.74, 6) is 0.791. The van der Waals surface area contributed by atoms with Crippen molar-refractivity contribution in [3.63, 3.8) is 0 Å². The summed E-state index contributed by atoms with van der Waals surface area (Å²) < 4.78 is 6.79. The van der Waals surface area contributed by atoms with Gasteiger partial charge in [0.2, 0.25) is 0 Å². The van der Waals surface area contributed by atoms with E-state index in [0.29, 0.717) is 11.6 Å². The molecule has 0 amide bonds. The second-order valence-electron chi connectivity index (χ2n) is 7.20. The van der Waals surface area contributed by atoms with Crippen molar-refractivity contribution in [2.75, 3.05) is 26.2 Å². The lowest BCUT2D eigenvalue weighted by atomic mass is 10.1. The first-order valence-corrected chi connectivity index (χ1v) is 9.40. The fourth-order valence-electron chi connectivity index (χ4n) is 3.84. The highest BCUT2D eigenvalue weighted by Gasteiger charge is 2.34. The van der Waals surface area contributed by atoms with E-state index in [2.05, 4.69) is 30.3 Å². The van der Waals surface area contributed by atoms with Gasteiger partial charge in [0.05, 0.1) is 13.1 Å². The average molecular weight is 361 g/mol. The minimum atomic E-state index is -0.475. The minimum Gasteiger partial charge on any atom is -0.490 e. The Morgan fingerprint density at radius 3 is 2.52 bits per heavy atom. The molecule has 4 heteroatoms. The predicted molar refractivity (Wildman–Crippen MR) is 102 cm³/mol. The van der Waals surface area contributed by atoms with E-state index in [1.165, 1.54) is 18.4 Å². The van der Waals surface area contributed by atoms with Gasteiger partial charge in [-0.05, 0) is 30.7 Å². The summed E-state index contributed by atoms with van der Waals surface area (Å²) in [5.41, 5.74) is 2.33. The molecule has 0 saturated carbocycles. The highest BCUT2D eigenvalue weighted by molar-refractivity contribution is 6.30. The van der Waals surface area contributed by atoms with Crippen molar-refractivity contribution in [1.29, 1.82) is 0 Å². The molecule has 0 bridgehead atoms. The van der Waals surface area contributed by atoms with Gasteiger partial charge in [-0.2, -0.15) is 0 Å². The molecule has 1 aliphatic heterocycles. The molecule has 1 saturated heterocycles. The molecule has 134 valence electrons. The van der Waals surface area contributed by atoms with E-state index in [0.717, 1.165) is 42.0 Å². The number of aryl methyl sites for hydroxylation is 1. The molecule has 0 radical (unpaired) electrons. The Kier molecular flexibility index (Phi) is 6.00. The van der Waals surface area contributed by atoms with Gasteiger partial charge in [-0.1, -0.05) is 41.9 Å². The maximum atomic E-state index is 10.6. The number of ether oxygens (including phenoxy) is 1. The largest absolute Gasteiger partial charge is 0.490 e. The quantitative estimate of drug-likeness (QED) is 0.750. The smallest absolute Gasteiger partial charge is 0.137 e. The normalized spacial score (nSPS) is 17.4. The van der Waals surface area contributed by atoms with E-state index < -0.39 is 6.10 Å². The predicted octanol–water partition coefficient (Wildman–Crippen LogP) is 4.20. The van der Waals surface area contributed by atoms with Gasteiger partial charge in [0.25, 0.3) is 0 Å². The molecule has 1 fully saturated rings. The number of aliphatic hydroxyl groups excluding tert-OH is 1. The number of halogens is 1. The van der Waals surface area contributed by atoms with Gasteiger partial charge in [-0.3, -0.25) is 0 Å². The van der Waals surface area contributed by atoms with Crippen molar-refractivity contribution in [1.82, 2.24) is 0 Å². The monoisotopic (exact) mass is 360 g/mol. The van der Waals surface area contributed by atoms with Crippen LogP contribution in [0.25, 0.3) is 0 Å². The number of benzene rings is 2. The summed E-state index contributed by atoms with van der Waals surface area (Å²) in [5, 5.41) is 11.3. The number of rotatable bonds is 7. The Morgan fingerprint density at radius 2 is 1.84 bits per heavy atom. The van der Waals surface area contributed by atoms with Gasteiger partial charge >= 0.3 is 0 Å². The highest BCUT2D eigenvalue weighted by Crippen LogP contribution is 2.25. The molecule has 3 rings (SSSR count). The summed E-state index contributed by atoms with van der Waals surface area (Å²) in [6.45, 7) is 6.27. The standard InChI is InChI=1S/C21H27ClNO2/c1-17-13-19(22)9-10-21(17)25-16-20(24)15-23(11-5-6-12-23)14-18-7-3-2-4-8-18/h2-4,7-10,13,20,24H,5-6,11-12,14-16H2,1H3/q+1/t20-/m0/s1. The van der Waals surface area contributed by atoms with E-state index >= 15 is 0 Å². The number of hydrogen-bond acceptors (Lipinski definition) is 2. The summed E-state index contributed by atoms with van der Waals surface area (Å²) in [7, 11) is 0. The topological polar surface area (TPSA) is 29.5 Å². The van der Waals surface area contributed by atoms with E-state index in [4.69, 9.17) is 16.3 Å². The van der Waals surface area contributed by atoms with Crippen LogP contribution in [0.3, 0.4) is 0 Å². The third kappa shape index (κ3) is 4.97. The molecule has 25 heavy (non-hydrogen) atoms. The lowest BCUT2D eigenvalue weighted by Crippen LogP contribution is -2.50. The maximum absolute atomic E-state index is 10.6. The first-order valence-electron chi connectivity index (χ1n) is 9.02. The van der Waals surface area contributed by atoms with Crippen LogP contribution < -0.4 is 4.74 Å². The first-order chi connectivity index (χ1) is 12.1. The Bertz CT molecular complexity index is 684. The van der Waals surface area contributed by atoms with Gasteiger partial charge in [0, 0.05) is 23.4 Å². The molecule has 1 aliphatic rings. The number of nitrogens with zero attached hydrogens (tertiary/aromatic N) is 1. The zero-order valence-corrected chi connectivity index (χ0v) is 15.6. The van der Waals surface area contributed by atoms with Crippen molar-refractivity contribution < 1.29 is 14.3 Å². The van der Waals surface area contributed by atoms with Crippen molar-refractivity contribution in [2.24, 2.45) is 0 Å². The van der Waals surface area contributed by atoms with Crippen molar-refractivity contribution in [3.8, 4) is 5.75 Å². The lowest BCUT2D eigenvalue weighted by molar-refractivity contribution is -0.932. The van der Waals surface area contributed by atoms with Crippen LogP contribution in [0.4, 0.5) is 0 Å². The molecular weight excluding hydrogens is 334 g/mol. The maximum Gasteiger partial charge on any atom is 0.137 e. The Hall–Kier alpha value is -1.55. The molecule has 0 aromatic heterocycles. The van der Waals surface area contributed by atoms with Crippen LogP contribution in [-0.2, 0) is 6.54 Å². The number of hydrogen-bond donors (Lipinski definition) is 1. The van der Waals surface area contributed by atoms with Gasteiger partial charge in [0.1, 0.15) is 31.5 Å². The van der Waals surface area contributed by atoms with Gasteiger partial charge in [0.15, 0.2) is 0 Å². The van der Waals surface area contributed by atoms with E-state index in [9.17, 15) is 5.11 Å². The zero-order chi connectivity index (χ0) is 17.7. The highest BCUT2D eigenvalue weighted by atomic mass is 35.5. The SMILES string of the molecule is Cc1cc(Cl)ccc1OC[C@@H](O)C[N+]1(Cc2ccccc2)CCCC1. The van der Waals surface area contributed by atoms with Crippen LogP contribution >= 0.6 is 11.6 Å². The second kappa shape index (κ2) is 8.22. The molecular formula is C21H27ClNO2+. The van der Waals surface area contributed by atoms with E-state index in [-0.39, 0.29) is 0 Å². The Labute approximate surface area is 155 Å². The third-order valence-corrected chi connectivity index (χ3v) is 5.28. The molecule has 2 aromatic carbocycles. The van der Waals surface area contributed by atoms with Crippen LogP contribution in [-0.4, -0.2) is 41.9 Å². The molecule has 0 spiro atoms. The van der Waals surface area contributed by atoms with Crippen LogP contribution in [0.15, 0.2) is 48.5 Å². The zero-order valence-electron chi connectivity index (χ0n) is 14.8. The van der Waals surface area contributed by atoms with E-state index in [1.807, 2.05) is 25.1 Å². The summed E-state index contributed by atoms with van der Waals surface area (Å²) in [4.78, 5) is 0. The van der Waals surface area contributed by atoms with Crippen LogP contribution in [0.2, 0.25) is 5.02 Å². The fourth-order valence-corrected chi connectivity index (χ4v) is 4.07. The molecule has 1 N–H and O–H groups in total. The second-order valence-corrected chi connectivity index (χ2v) is 7.63. The Balaban J connectivity index is 1.60. The van der Waals surface area contributed by atoms with Crippen molar-refractivity contribution >= 4 is 11.6 Å². The minimum absolute atomic E-state index is 0.317. The molecule has 1 heterocycles. The van der Waals surface area contributed by atoms with E-state index in [1.54, 1.807) is 0 Å². The summed E-state index contributed by atoms with van der Waals surface area (Å²) in [6.07, 6.45) is 1.99. The van der Waals surface area contributed by atoms with Crippen molar-refractivity contribution in [2.45, 2.75) is 32.4 Å². The lowest BCUT2D eigenvalue weighted by Gasteiger charge is -2.36. The number of likely N-dealkylation sites (tertiary alicyclic amines) is 1. The van der Waals surface area contributed by atoms with Gasteiger partial charge in [-0.25, -0.2) is 0 Å². The third-order valence-electron chi connectivity index (χ3n) is 5.04. The van der Waals surface area contributed by atoms with Gasteiger partial charge in [-0.15, -0.1) is 0 Å². The number of aliphatic hydroxyl groups is 1. The van der Waals surface area contributed by atoms with Crippen LogP contribution in [0, 0.1) is 6.92 Å². The Morgan fingerprint density at radius 1 is 1.12 bits per heavy atom. The summed E-state index contributed by atoms with van der Waals surface area (Å²) >= 11 is 5.98. The fraction of sp³-hybridized carbons (Fsp3) is 0.429. The summed E-state index contributed by atoms with van der Waals surface area (Å²) in [6, 6.07) is 16.2. The van der Waals surface area contributed by atoms with Crippen molar-refractivity contribution in [3.05, 3.63) is 64.7 Å². The first kappa shape index (κ1) is 18.2.